The lowest BCUT2D eigenvalue weighted by Gasteiger charge is -2.18. The van der Waals surface area contributed by atoms with Crippen molar-refractivity contribution in [2.75, 3.05) is 24.5 Å². The lowest BCUT2D eigenvalue weighted by atomic mass is 10.2. The van der Waals surface area contributed by atoms with Crippen molar-refractivity contribution in [2.45, 2.75) is 19.3 Å². The Bertz CT molecular complexity index is 457. The molecule has 1 unspecified atom stereocenters. The van der Waals surface area contributed by atoms with Crippen molar-refractivity contribution in [3.8, 4) is 0 Å². The van der Waals surface area contributed by atoms with Gasteiger partial charge in [0.2, 0.25) is 0 Å². The molecule has 0 aliphatic carbocycles. The molecule has 0 N–H and O–H groups in total. The second-order valence-electron chi connectivity index (χ2n) is 3.77. The minimum absolute atomic E-state index is 0.489. The molecule has 104 valence electrons. The lowest BCUT2D eigenvalue weighted by Crippen LogP contribution is -1.94. The van der Waals surface area contributed by atoms with Crippen LogP contribution in [0.25, 0.3) is 0 Å². The Morgan fingerprint density at radius 2 is 1.74 bits per heavy atom. The molecule has 0 bridgehead atoms. The highest BCUT2D eigenvalue weighted by atomic mass is 32.2. The van der Waals surface area contributed by atoms with E-state index in [0.29, 0.717) is 4.58 Å². The van der Waals surface area contributed by atoms with Crippen molar-refractivity contribution in [3.63, 3.8) is 0 Å². The van der Waals surface area contributed by atoms with Crippen LogP contribution in [-0.4, -0.2) is 24.5 Å². The van der Waals surface area contributed by atoms with Crippen molar-refractivity contribution in [3.05, 3.63) is 28.0 Å². The van der Waals surface area contributed by atoms with E-state index in [4.69, 9.17) is 0 Å². The van der Waals surface area contributed by atoms with Gasteiger partial charge in [0.05, 0.1) is 4.58 Å². The van der Waals surface area contributed by atoms with E-state index in [1.807, 2.05) is 58.8 Å². The molecule has 0 fully saturated rings. The molecule has 1 aromatic rings. The van der Waals surface area contributed by atoms with Gasteiger partial charge in [-0.1, -0.05) is 0 Å². The average Bonchev–Trinajstić information content (AvgIpc) is 2.94. The van der Waals surface area contributed by atoms with Gasteiger partial charge < -0.3 is 0 Å². The van der Waals surface area contributed by atoms with Crippen molar-refractivity contribution in [1.29, 1.82) is 0 Å². The minimum atomic E-state index is 0.489. The van der Waals surface area contributed by atoms with Gasteiger partial charge in [-0.25, -0.2) is 0 Å². The maximum absolute atomic E-state index is 4.38. The minimum Gasteiger partial charge on any atom is -0.174 e. The van der Waals surface area contributed by atoms with Gasteiger partial charge in [0, 0.05) is 30.9 Å². The summed E-state index contributed by atoms with van der Waals surface area (Å²) in [5, 5.41) is 2.26. The van der Waals surface area contributed by atoms with Crippen LogP contribution in [0.1, 0.15) is 10.1 Å². The Hall–Kier alpha value is 1.06. The van der Waals surface area contributed by atoms with E-state index < -0.39 is 0 Å². The van der Waals surface area contributed by atoms with E-state index in [1.165, 1.54) is 25.2 Å². The van der Waals surface area contributed by atoms with Crippen LogP contribution in [0.4, 0.5) is 0 Å². The molecule has 1 heterocycles. The van der Waals surface area contributed by atoms with E-state index in [0.717, 1.165) is 5.75 Å². The number of benzene rings is 1. The highest BCUT2D eigenvalue weighted by Crippen LogP contribution is 2.55. The summed E-state index contributed by atoms with van der Waals surface area (Å²) in [6, 6.07) is 4.65. The molecule has 0 aromatic heterocycles. The van der Waals surface area contributed by atoms with Gasteiger partial charge >= 0.3 is 0 Å². The Balaban J connectivity index is 2.38. The van der Waals surface area contributed by atoms with Crippen LogP contribution >= 0.6 is 71.4 Å². The van der Waals surface area contributed by atoms with Crippen LogP contribution in [0.3, 0.4) is 0 Å². The Morgan fingerprint density at radius 1 is 1.11 bits per heavy atom. The third-order valence-electron chi connectivity index (χ3n) is 2.73. The highest BCUT2D eigenvalue weighted by Gasteiger charge is 2.25. The molecule has 0 amide bonds. The number of thiol groups is 1. The van der Waals surface area contributed by atoms with E-state index in [2.05, 4.69) is 48.9 Å². The zero-order chi connectivity index (χ0) is 13.8. The summed E-state index contributed by atoms with van der Waals surface area (Å²) in [5.41, 5.74) is 1.49. The number of hydrogen-bond acceptors (Lipinski definition) is 6. The lowest BCUT2D eigenvalue weighted by molar-refractivity contribution is 1.11. The second kappa shape index (κ2) is 7.90. The van der Waals surface area contributed by atoms with Crippen LogP contribution in [0.2, 0.25) is 0 Å². The fraction of sp³-hybridized carbons (Fsp3) is 0.385. The van der Waals surface area contributed by atoms with Gasteiger partial charge in [0.15, 0.2) is 0 Å². The quantitative estimate of drug-likeness (QED) is 0.493. The van der Waals surface area contributed by atoms with Crippen molar-refractivity contribution < 1.29 is 0 Å². The van der Waals surface area contributed by atoms with Crippen molar-refractivity contribution in [2.24, 2.45) is 0 Å². The summed E-state index contributed by atoms with van der Waals surface area (Å²) in [6.45, 7) is 0. The van der Waals surface area contributed by atoms with E-state index in [-0.39, 0.29) is 0 Å². The smallest absolute Gasteiger partial charge is 0.0858 e. The number of thioether (sulfide) groups is 5. The highest BCUT2D eigenvalue weighted by molar-refractivity contribution is 8.22. The van der Waals surface area contributed by atoms with Gasteiger partial charge in [-0.2, -0.15) is 12.6 Å². The molecule has 2 rings (SSSR count). The SMILES string of the molecule is CSc1cc(SC)c(C2SC=C(CS)S2)c(SC)c1. The van der Waals surface area contributed by atoms with E-state index in [1.54, 1.807) is 0 Å². The first-order valence-corrected chi connectivity index (χ1v) is 11.8. The molecule has 1 aliphatic rings. The predicted molar refractivity (Wildman–Crippen MR) is 102 cm³/mol. The predicted octanol–water partition coefficient (Wildman–Crippen LogP) is 6.10. The topological polar surface area (TPSA) is 0 Å². The van der Waals surface area contributed by atoms with Gasteiger partial charge in [-0.15, -0.1) is 58.8 Å². The molecule has 0 saturated carbocycles. The molecular weight excluding hydrogens is 349 g/mol. The van der Waals surface area contributed by atoms with Crippen molar-refractivity contribution in [1.82, 2.24) is 0 Å². The Kier molecular flexibility index (Phi) is 6.83. The molecular formula is C13H16S6. The fourth-order valence-electron chi connectivity index (χ4n) is 1.80. The van der Waals surface area contributed by atoms with Gasteiger partial charge in [0.25, 0.3) is 0 Å². The molecule has 1 aliphatic heterocycles. The molecule has 1 atom stereocenters. The van der Waals surface area contributed by atoms with E-state index in [9.17, 15) is 0 Å². The first-order chi connectivity index (χ1) is 9.23. The van der Waals surface area contributed by atoms with Gasteiger partial charge in [0.1, 0.15) is 0 Å². The fourth-order valence-corrected chi connectivity index (χ4v) is 7.22. The summed E-state index contributed by atoms with van der Waals surface area (Å²) < 4.78 is 0.489. The largest absolute Gasteiger partial charge is 0.174 e. The van der Waals surface area contributed by atoms with Gasteiger partial charge in [-0.3, -0.25) is 0 Å². The number of rotatable bonds is 5. The third kappa shape index (κ3) is 3.83. The standard InChI is InChI=1S/C13H16S6/c1-15-8-4-10(16-2)12(11(5-8)17-3)13-18-7-9(6-14)19-13/h4-5,7,13-14H,6H2,1-3H3. The average molecular weight is 365 g/mol. The summed E-state index contributed by atoms with van der Waals surface area (Å²) >= 11 is 13.8. The molecule has 6 heteroatoms. The molecule has 0 spiro atoms. The normalized spacial score (nSPS) is 18.7. The summed E-state index contributed by atoms with van der Waals surface area (Å²) in [4.78, 5) is 5.56. The van der Waals surface area contributed by atoms with Crippen LogP contribution < -0.4 is 0 Å². The zero-order valence-corrected chi connectivity index (χ0v) is 16.0. The molecule has 0 nitrogen and oxygen atoms in total. The maximum Gasteiger partial charge on any atom is 0.0858 e. The molecule has 19 heavy (non-hydrogen) atoms. The van der Waals surface area contributed by atoms with Crippen LogP contribution in [0.5, 0.6) is 0 Å². The number of hydrogen-bond donors (Lipinski definition) is 1. The maximum atomic E-state index is 4.38. The monoisotopic (exact) mass is 364 g/mol. The van der Waals surface area contributed by atoms with Crippen LogP contribution in [0, 0.1) is 0 Å². The molecule has 0 saturated heterocycles. The molecule has 1 aromatic carbocycles. The zero-order valence-electron chi connectivity index (χ0n) is 11.0. The first kappa shape index (κ1) is 16.4. The molecule has 0 radical (unpaired) electrons. The van der Waals surface area contributed by atoms with E-state index >= 15 is 0 Å². The Labute approximate surface area is 142 Å². The Morgan fingerprint density at radius 3 is 2.16 bits per heavy atom. The summed E-state index contributed by atoms with van der Waals surface area (Å²) in [6.07, 6.45) is 6.48. The summed E-state index contributed by atoms with van der Waals surface area (Å²) in [5.74, 6) is 0.847. The van der Waals surface area contributed by atoms with Crippen molar-refractivity contribution >= 4 is 71.4 Å². The summed E-state index contributed by atoms with van der Waals surface area (Å²) in [7, 11) is 0. The third-order valence-corrected chi connectivity index (χ3v) is 8.23. The van der Waals surface area contributed by atoms with Crippen LogP contribution in [-0.2, 0) is 0 Å². The first-order valence-electron chi connectivity index (χ1n) is 5.65. The second-order valence-corrected chi connectivity index (χ2v) is 9.17. The van der Waals surface area contributed by atoms with Gasteiger partial charge in [-0.05, 0) is 36.3 Å². The van der Waals surface area contributed by atoms with Crippen LogP contribution in [0.15, 0.2) is 37.1 Å².